The highest BCUT2D eigenvalue weighted by Gasteiger charge is 2.28. The zero-order valence-corrected chi connectivity index (χ0v) is 9.23. The molecule has 0 aromatic heterocycles. The molecule has 2 unspecified atom stereocenters. The van der Waals surface area contributed by atoms with E-state index >= 15 is 0 Å². The van der Waals surface area contributed by atoms with Crippen LogP contribution in [-0.2, 0) is 4.74 Å². The zero-order chi connectivity index (χ0) is 10.7. The van der Waals surface area contributed by atoms with Crippen LogP contribution in [0.25, 0.3) is 0 Å². The van der Waals surface area contributed by atoms with Crippen LogP contribution in [0.3, 0.4) is 0 Å². The van der Waals surface area contributed by atoms with Crippen molar-refractivity contribution < 1.29 is 4.74 Å². The summed E-state index contributed by atoms with van der Waals surface area (Å²) in [6.45, 7) is 4.26. The Morgan fingerprint density at radius 2 is 2.07 bits per heavy atom. The number of ether oxygens (including phenoxy) is 1. The van der Waals surface area contributed by atoms with E-state index in [9.17, 15) is 0 Å². The molecule has 1 saturated heterocycles. The first kappa shape index (κ1) is 10.1. The number of hydrogen-bond acceptors (Lipinski definition) is 2. The van der Waals surface area contributed by atoms with Crippen molar-refractivity contribution in [1.29, 1.82) is 0 Å². The van der Waals surface area contributed by atoms with Crippen LogP contribution >= 0.6 is 0 Å². The smallest absolute Gasteiger partial charge is 0.183 e. The topological polar surface area (TPSA) is 21.3 Å². The Hall–Kier alpha value is -1.44. The predicted octanol–water partition coefficient (Wildman–Crippen LogP) is 2.99. The maximum atomic E-state index is 5.85. The van der Waals surface area contributed by atoms with E-state index in [1.54, 1.807) is 0 Å². The SMILES string of the molecule is CCC=C1NC(C)C(c2ccccc2)O1. The summed E-state index contributed by atoms with van der Waals surface area (Å²) >= 11 is 0. The Morgan fingerprint density at radius 1 is 1.33 bits per heavy atom. The summed E-state index contributed by atoms with van der Waals surface area (Å²) < 4.78 is 5.85. The minimum atomic E-state index is 0.143. The second kappa shape index (κ2) is 4.39. The van der Waals surface area contributed by atoms with E-state index in [0.29, 0.717) is 6.04 Å². The second-order valence-electron chi connectivity index (χ2n) is 3.86. The lowest BCUT2D eigenvalue weighted by Crippen LogP contribution is -2.20. The Bertz CT molecular complexity index is 345. The van der Waals surface area contributed by atoms with Crippen molar-refractivity contribution in [3.63, 3.8) is 0 Å². The zero-order valence-electron chi connectivity index (χ0n) is 9.23. The van der Waals surface area contributed by atoms with Crippen molar-refractivity contribution in [2.24, 2.45) is 0 Å². The maximum absolute atomic E-state index is 5.85. The number of allylic oxidation sites excluding steroid dienone is 1. The molecule has 1 fully saturated rings. The Balaban J connectivity index is 2.15. The van der Waals surface area contributed by atoms with Gasteiger partial charge in [0.15, 0.2) is 5.88 Å². The lowest BCUT2D eigenvalue weighted by Gasteiger charge is -2.13. The highest BCUT2D eigenvalue weighted by atomic mass is 16.5. The molecule has 1 aromatic carbocycles. The van der Waals surface area contributed by atoms with Crippen LogP contribution in [-0.4, -0.2) is 6.04 Å². The maximum Gasteiger partial charge on any atom is 0.183 e. The minimum Gasteiger partial charge on any atom is -0.469 e. The molecule has 1 aliphatic heterocycles. The van der Waals surface area contributed by atoms with Gasteiger partial charge in [0.2, 0.25) is 0 Å². The van der Waals surface area contributed by atoms with Crippen LogP contribution in [0.4, 0.5) is 0 Å². The first-order valence-corrected chi connectivity index (χ1v) is 5.49. The van der Waals surface area contributed by atoms with E-state index in [2.05, 4.69) is 37.4 Å². The average molecular weight is 203 g/mol. The summed E-state index contributed by atoms with van der Waals surface area (Å²) in [5.41, 5.74) is 1.23. The van der Waals surface area contributed by atoms with Gasteiger partial charge < -0.3 is 10.1 Å². The van der Waals surface area contributed by atoms with Crippen LogP contribution < -0.4 is 5.32 Å². The van der Waals surface area contributed by atoms with E-state index in [-0.39, 0.29) is 6.10 Å². The summed E-state index contributed by atoms with van der Waals surface area (Å²) in [5, 5.41) is 3.34. The highest BCUT2D eigenvalue weighted by molar-refractivity contribution is 5.21. The van der Waals surface area contributed by atoms with Crippen LogP contribution in [0.15, 0.2) is 42.3 Å². The summed E-state index contributed by atoms with van der Waals surface area (Å²) in [6.07, 6.45) is 3.22. The molecule has 0 aliphatic carbocycles. The van der Waals surface area contributed by atoms with Crippen LogP contribution in [0.5, 0.6) is 0 Å². The normalized spacial score (nSPS) is 27.5. The fourth-order valence-electron chi connectivity index (χ4n) is 1.86. The van der Waals surface area contributed by atoms with E-state index < -0.39 is 0 Å². The molecule has 0 amide bonds. The lowest BCUT2D eigenvalue weighted by molar-refractivity contribution is 0.154. The quantitative estimate of drug-likeness (QED) is 0.797. The largest absolute Gasteiger partial charge is 0.469 e. The number of benzene rings is 1. The molecule has 0 spiro atoms. The van der Waals surface area contributed by atoms with Gasteiger partial charge in [0.25, 0.3) is 0 Å². The number of rotatable bonds is 2. The van der Waals surface area contributed by atoms with Crippen molar-refractivity contribution in [2.45, 2.75) is 32.4 Å². The molecular formula is C13H17NO. The molecule has 1 heterocycles. The molecule has 0 saturated carbocycles. The molecule has 2 heteroatoms. The van der Waals surface area contributed by atoms with E-state index in [4.69, 9.17) is 4.74 Å². The van der Waals surface area contributed by atoms with E-state index in [1.807, 2.05) is 18.2 Å². The molecule has 15 heavy (non-hydrogen) atoms. The van der Waals surface area contributed by atoms with Crippen molar-refractivity contribution in [3.05, 3.63) is 47.9 Å². The van der Waals surface area contributed by atoms with Crippen molar-refractivity contribution in [3.8, 4) is 0 Å². The van der Waals surface area contributed by atoms with Gasteiger partial charge in [-0.1, -0.05) is 37.3 Å². The van der Waals surface area contributed by atoms with Gasteiger partial charge >= 0.3 is 0 Å². The first-order valence-electron chi connectivity index (χ1n) is 5.49. The third kappa shape index (κ3) is 2.14. The molecular weight excluding hydrogens is 186 g/mol. The van der Waals surface area contributed by atoms with Gasteiger partial charge in [-0.3, -0.25) is 0 Å². The molecule has 2 atom stereocenters. The monoisotopic (exact) mass is 203 g/mol. The summed E-state index contributed by atoms with van der Waals surface area (Å²) in [4.78, 5) is 0. The molecule has 0 bridgehead atoms. The summed E-state index contributed by atoms with van der Waals surface area (Å²) in [6, 6.07) is 10.7. The molecule has 0 radical (unpaired) electrons. The Labute approximate surface area is 91.0 Å². The minimum absolute atomic E-state index is 0.143. The Morgan fingerprint density at radius 3 is 2.73 bits per heavy atom. The summed E-state index contributed by atoms with van der Waals surface area (Å²) in [5.74, 6) is 0.916. The number of hydrogen-bond donors (Lipinski definition) is 1. The van der Waals surface area contributed by atoms with Crippen LogP contribution in [0, 0.1) is 0 Å². The third-order valence-corrected chi connectivity index (χ3v) is 2.60. The van der Waals surface area contributed by atoms with Gasteiger partial charge in [0.1, 0.15) is 6.10 Å². The molecule has 1 N–H and O–H groups in total. The highest BCUT2D eigenvalue weighted by Crippen LogP contribution is 2.29. The predicted molar refractivity (Wildman–Crippen MR) is 61.2 cm³/mol. The molecule has 1 aliphatic rings. The molecule has 80 valence electrons. The van der Waals surface area contributed by atoms with E-state index in [0.717, 1.165) is 12.3 Å². The van der Waals surface area contributed by atoms with Crippen molar-refractivity contribution in [1.82, 2.24) is 5.32 Å². The van der Waals surface area contributed by atoms with Crippen LogP contribution in [0.1, 0.15) is 31.9 Å². The fraction of sp³-hybridized carbons (Fsp3) is 0.385. The third-order valence-electron chi connectivity index (χ3n) is 2.60. The number of nitrogens with one attached hydrogen (secondary N) is 1. The van der Waals surface area contributed by atoms with Crippen LogP contribution in [0.2, 0.25) is 0 Å². The van der Waals surface area contributed by atoms with Crippen molar-refractivity contribution in [2.75, 3.05) is 0 Å². The molecule has 2 nitrogen and oxygen atoms in total. The van der Waals surface area contributed by atoms with E-state index in [1.165, 1.54) is 5.56 Å². The first-order chi connectivity index (χ1) is 7.31. The van der Waals surface area contributed by atoms with Crippen molar-refractivity contribution >= 4 is 0 Å². The van der Waals surface area contributed by atoms with Gasteiger partial charge in [-0.05, 0) is 25.0 Å². The van der Waals surface area contributed by atoms with Gasteiger partial charge in [-0.2, -0.15) is 0 Å². The van der Waals surface area contributed by atoms with Gasteiger partial charge in [-0.15, -0.1) is 0 Å². The standard InChI is InChI=1S/C13H17NO/c1-3-7-12-14-10(2)13(15-12)11-8-5-4-6-9-11/h4-10,13-14H,3H2,1-2H3. The average Bonchev–Trinajstić information content (AvgIpc) is 2.61. The summed E-state index contributed by atoms with van der Waals surface area (Å²) in [7, 11) is 0. The molecule has 2 rings (SSSR count). The van der Waals surface area contributed by atoms with Gasteiger partial charge in [-0.25, -0.2) is 0 Å². The lowest BCUT2D eigenvalue weighted by atomic mass is 10.0. The van der Waals surface area contributed by atoms with Gasteiger partial charge in [0, 0.05) is 0 Å². The van der Waals surface area contributed by atoms with Gasteiger partial charge in [0.05, 0.1) is 6.04 Å². The Kier molecular flexibility index (Phi) is 2.95. The second-order valence-corrected chi connectivity index (χ2v) is 3.86. The molecule has 1 aromatic rings. The fourth-order valence-corrected chi connectivity index (χ4v) is 1.86.